The van der Waals surface area contributed by atoms with Gasteiger partial charge in [0.25, 0.3) is 0 Å². The molecule has 0 aromatic heterocycles. The minimum Gasteiger partial charge on any atom is -0.468 e. The Morgan fingerprint density at radius 3 is 2.18 bits per heavy atom. The van der Waals surface area contributed by atoms with E-state index in [-0.39, 0.29) is 5.78 Å². The molecule has 0 radical (unpaired) electrons. The topological polar surface area (TPSA) is 43.4 Å². The zero-order chi connectivity index (χ0) is 8.85. The lowest BCUT2D eigenvalue weighted by Gasteiger charge is -2.08. The number of ketones is 1. The average Bonchev–Trinajstić information content (AvgIpc) is 2.05. The molecule has 0 aliphatic carbocycles. The van der Waals surface area contributed by atoms with Gasteiger partial charge in [-0.15, -0.1) is 0 Å². The number of ether oxygens (including phenoxy) is 1. The van der Waals surface area contributed by atoms with Crippen LogP contribution < -0.4 is 0 Å². The molecule has 0 spiro atoms. The van der Waals surface area contributed by atoms with Crippen molar-refractivity contribution in [3.05, 3.63) is 0 Å². The van der Waals surface area contributed by atoms with E-state index < -0.39 is 11.9 Å². The van der Waals surface area contributed by atoms with Crippen LogP contribution in [0, 0.1) is 5.92 Å². The van der Waals surface area contributed by atoms with Gasteiger partial charge in [0.05, 0.1) is 7.11 Å². The van der Waals surface area contributed by atoms with Crippen LogP contribution in [0.1, 0.15) is 26.7 Å². The Kier molecular flexibility index (Phi) is 4.50. The smallest absolute Gasteiger partial charge is 0.316 e. The van der Waals surface area contributed by atoms with Crippen LogP contribution in [0.4, 0.5) is 0 Å². The van der Waals surface area contributed by atoms with Crippen LogP contribution in [0.2, 0.25) is 0 Å². The maximum absolute atomic E-state index is 11.0. The van der Waals surface area contributed by atoms with Crippen molar-refractivity contribution in [3.63, 3.8) is 0 Å². The summed E-state index contributed by atoms with van der Waals surface area (Å²) in [6.45, 7) is 3.54. The summed E-state index contributed by atoms with van der Waals surface area (Å²) in [6.07, 6.45) is 0.924. The number of methoxy groups -OCH3 is 1. The summed E-state index contributed by atoms with van der Waals surface area (Å²) in [4.78, 5) is 21.9. The SMILES string of the molecule is CCC(=O)[C@@H](CC)C(=O)OC. The summed E-state index contributed by atoms with van der Waals surface area (Å²) in [5.41, 5.74) is 0. The van der Waals surface area contributed by atoms with E-state index in [9.17, 15) is 9.59 Å². The van der Waals surface area contributed by atoms with Gasteiger partial charge in [-0.3, -0.25) is 9.59 Å². The van der Waals surface area contributed by atoms with Crippen LogP contribution in [0.25, 0.3) is 0 Å². The second-order valence-electron chi connectivity index (χ2n) is 2.30. The van der Waals surface area contributed by atoms with Crippen LogP contribution in [0.3, 0.4) is 0 Å². The monoisotopic (exact) mass is 158 g/mol. The number of hydrogen-bond donors (Lipinski definition) is 0. The minimum absolute atomic E-state index is 0.0423. The highest BCUT2D eigenvalue weighted by Gasteiger charge is 2.23. The van der Waals surface area contributed by atoms with Crippen LogP contribution in [-0.4, -0.2) is 18.9 Å². The van der Waals surface area contributed by atoms with E-state index in [0.717, 1.165) is 0 Å². The first-order valence-corrected chi connectivity index (χ1v) is 3.77. The molecule has 0 aromatic carbocycles. The van der Waals surface area contributed by atoms with Crippen molar-refractivity contribution in [1.82, 2.24) is 0 Å². The minimum atomic E-state index is -0.551. The predicted octanol–water partition coefficient (Wildman–Crippen LogP) is 1.16. The summed E-state index contributed by atoms with van der Waals surface area (Å²) in [5, 5.41) is 0. The molecule has 0 N–H and O–H groups in total. The van der Waals surface area contributed by atoms with E-state index in [2.05, 4.69) is 4.74 Å². The Morgan fingerprint density at radius 1 is 1.36 bits per heavy atom. The third kappa shape index (κ3) is 2.70. The normalized spacial score (nSPS) is 12.3. The Bertz CT molecular complexity index is 135. The third-order valence-corrected chi connectivity index (χ3v) is 1.63. The molecule has 3 nitrogen and oxygen atoms in total. The van der Waals surface area contributed by atoms with Gasteiger partial charge in [-0.05, 0) is 6.42 Å². The zero-order valence-corrected chi connectivity index (χ0v) is 7.22. The van der Waals surface area contributed by atoms with Gasteiger partial charge in [-0.1, -0.05) is 13.8 Å². The summed E-state index contributed by atoms with van der Waals surface area (Å²) in [7, 11) is 1.30. The van der Waals surface area contributed by atoms with E-state index in [0.29, 0.717) is 12.8 Å². The van der Waals surface area contributed by atoms with E-state index in [4.69, 9.17) is 0 Å². The van der Waals surface area contributed by atoms with E-state index in [1.54, 1.807) is 13.8 Å². The number of Topliss-reactive ketones (excluding diaryl/α,β-unsaturated/α-hetero) is 1. The summed E-state index contributed by atoms with van der Waals surface area (Å²) < 4.78 is 4.47. The van der Waals surface area contributed by atoms with Crippen molar-refractivity contribution in [1.29, 1.82) is 0 Å². The van der Waals surface area contributed by atoms with Gasteiger partial charge >= 0.3 is 5.97 Å². The second kappa shape index (κ2) is 4.88. The van der Waals surface area contributed by atoms with Gasteiger partial charge in [0.15, 0.2) is 0 Å². The van der Waals surface area contributed by atoms with Gasteiger partial charge in [-0.2, -0.15) is 0 Å². The van der Waals surface area contributed by atoms with Crippen molar-refractivity contribution in [3.8, 4) is 0 Å². The number of carbonyl (C=O) groups excluding carboxylic acids is 2. The largest absolute Gasteiger partial charge is 0.468 e. The van der Waals surface area contributed by atoms with Gasteiger partial charge in [0.2, 0.25) is 0 Å². The molecular weight excluding hydrogens is 144 g/mol. The Morgan fingerprint density at radius 2 is 1.91 bits per heavy atom. The van der Waals surface area contributed by atoms with Gasteiger partial charge < -0.3 is 4.74 Å². The summed E-state index contributed by atoms with van der Waals surface area (Å²) >= 11 is 0. The van der Waals surface area contributed by atoms with Crippen molar-refractivity contribution >= 4 is 11.8 Å². The quantitative estimate of drug-likeness (QED) is 0.455. The highest BCUT2D eigenvalue weighted by Crippen LogP contribution is 2.08. The number of rotatable bonds is 4. The molecule has 0 rings (SSSR count). The first-order valence-electron chi connectivity index (χ1n) is 3.77. The molecule has 1 atom stereocenters. The lowest BCUT2D eigenvalue weighted by Crippen LogP contribution is -2.23. The van der Waals surface area contributed by atoms with Crippen molar-refractivity contribution in [2.24, 2.45) is 5.92 Å². The molecule has 0 aromatic rings. The lowest BCUT2D eigenvalue weighted by atomic mass is 10.00. The zero-order valence-electron chi connectivity index (χ0n) is 7.22. The molecule has 0 heterocycles. The lowest BCUT2D eigenvalue weighted by molar-refractivity contribution is -0.149. The molecule has 0 saturated carbocycles. The molecule has 0 saturated heterocycles. The van der Waals surface area contributed by atoms with Crippen molar-refractivity contribution in [2.45, 2.75) is 26.7 Å². The highest BCUT2D eigenvalue weighted by atomic mass is 16.5. The standard InChI is InChI=1S/C8H14O3/c1-4-6(7(9)5-2)8(10)11-3/h6H,4-5H2,1-3H3/t6-/m1/s1. The van der Waals surface area contributed by atoms with E-state index in [1.165, 1.54) is 7.11 Å². The molecular formula is C8H14O3. The molecule has 0 amide bonds. The highest BCUT2D eigenvalue weighted by molar-refractivity contribution is 5.98. The van der Waals surface area contributed by atoms with Crippen LogP contribution >= 0.6 is 0 Å². The van der Waals surface area contributed by atoms with Crippen LogP contribution in [0.5, 0.6) is 0 Å². The molecule has 3 heteroatoms. The Hall–Kier alpha value is -0.860. The van der Waals surface area contributed by atoms with E-state index in [1.807, 2.05) is 0 Å². The summed E-state index contributed by atoms with van der Waals surface area (Å²) in [5.74, 6) is -1.01. The van der Waals surface area contributed by atoms with Gasteiger partial charge in [0, 0.05) is 6.42 Å². The molecule has 0 aliphatic heterocycles. The molecule has 0 unspecified atom stereocenters. The second-order valence-corrected chi connectivity index (χ2v) is 2.30. The molecule has 0 bridgehead atoms. The molecule has 0 fully saturated rings. The van der Waals surface area contributed by atoms with E-state index >= 15 is 0 Å². The molecule has 11 heavy (non-hydrogen) atoms. The van der Waals surface area contributed by atoms with Crippen LogP contribution in [0.15, 0.2) is 0 Å². The molecule has 0 aliphatic rings. The molecule has 64 valence electrons. The summed E-state index contributed by atoms with van der Waals surface area (Å²) in [6, 6.07) is 0. The first kappa shape index (κ1) is 10.1. The third-order valence-electron chi connectivity index (χ3n) is 1.63. The van der Waals surface area contributed by atoms with Gasteiger partial charge in [-0.25, -0.2) is 0 Å². The maximum Gasteiger partial charge on any atom is 0.316 e. The Labute approximate surface area is 66.7 Å². The fraction of sp³-hybridized carbons (Fsp3) is 0.750. The number of carbonyl (C=O) groups is 2. The first-order chi connectivity index (χ1) is 5.17. The number of esters is 1. The fourth-order valence-electron chi connectivity index (χ4n) is 0.914. The average molecular weight is 158 g/mol. The fourth-order valence-corrected chi connectivity index (χ4v) is 0.914. The van der Waals surface area contributed by atoms with Crippen molar-refractivity contribution in [2.75, 3.05) is 7.11 Å². The van der Waals surface area contributed by atoms with Crippen molar-refractivity contribution < 1.29 is 14.3 Å². The van der Waals surface area contributed by atoms with Crippen LogP contribution in [-0.2, 0) is 14.3 Å². The maximum atomic E-state index is 11.0. The predicted molar refractivity (Wildman–Crippen MR) is 41.1 cm³/mol. The Balaban J connectivity index is 4.15. The van der Waals surface area contributed by atoms with Gasteiger partial charge in [0.1, 0.15) is 11.7 Å². The number of hydrogen-bond acceptors (Lipinski definition) is 3.